The van der Waals surface area contributed by atoms with E-state index in [0.717, 1.165) is 63.2 Å². The van der Waals surface area contributed by atoms with E-state index >= 15 is 0 Å². The van der Waals surface area contributed by atoms with Crippen molar-refractivity contribution >= 4 is 35.8 Å². The summed E-state index contributed by atoms with van der Waals surface area (Å²) in [5.41, 5.74) is 1.15. The highest BCUT2D eigenvalue weighted by molar-refractivity contribution is 14.0. The van der Waals surface area contributed by atoms with Crippen LogP contribution in [0.25, 0.3) is 0 Å². The Bertz CT molecular complexity index is 646. The van der Waals surface area contributed by atoms with Crippen LogP contribution in [0, 0.1) is 5.92 Å². The number of hydrogen-bond acceptors (Lipinski definition) is 6. The van der Waals surface area contributed by atoms with Crippen molar-refractivity contribution in [2.45, 2.75) is 26.0 Å². The van der Waals surface area contributed by atoms with Crippen molar-refractivity contribution in [2.75, 3.05) is 71.7 Å². The molecule has 1 aromatic rings. The topological polar surface area (TPSA) is 71.5 Å². The van der Waals surface area contributed by atoms with Gasteiger partial charge in [0.1, 0.15) is 5.82 Å². The van der Waals surface area contributed by atoms with Crippen LogP contribution in [0.2, 0.25) is 0 Å². The molecule has 8 nitrogen and oxygen atoms in total. The van der Waals surface area contributed by atoms with E-state index in [4.69, 9.17) is 14.2 Å². The number of aliphatic imine (C=N–C) groups is 1. The number of nitrogens with one attached hydrogen (secondary N) is 1. The van der Waals surface area contributed by atoms with Gasteiger partial charge >= 0.3 is 0 Å². The van der Waals surface area contributed by atoms with E-state index in [-0.39, 0.29) is 30.1 Å². The first-order valence-electron chi connectivity index (χ1n) is 10.5. The molecular weight excluding hydrogens is 497 g/mol. The van der Waals surface area contributed by atoms with Gasteiger partial charge in [-0.15, -0.1) is 24.0 Å². The molecule has 9 heteroatoms. The molecule has 0 saturated carbocycles. The van der Waals surface area contributed by atoms with Crippen LogP contribution in [0.5, 0.6) is 0 Å². The number of likely N-dealkylation sites (tertiary alicyclic amines) is 1. The molecule has 0 radical (unpaired) electrons. The normalized spacial score (nSPS) is 22.2. The Morgan fingerprint density at radius 1 is 1.30 bits per heavy atom. The largest absolute Gasteiger partial charge is 0.382 e. The van der Waals surface area contributed by atoms with Gasteiger partial charge < -0.3 is 29.3 Å². The van der Waals surface area contributed by atoms with Crippen molar-refractivity contribution in [2.24, 2.45) is 10.9 Å². The van der Waals surface area contributed by atoms with Crippen molar-refractivity contribution in [3.8, 4) is 0 Å². The van der Waals surface area contributed by atoms with Crippen molar-refractivity contribution in [1.82, 2.24) is 15.2 Å². The summed E-state index contributed by atoms with van der Waals surface area (Å²) in [6.45, 7) is 9.43. The highest BCUT2D eigenvalue weighted by Gasteiger charge is 2.25. The van der Waals surface area contributed by atoms with Crippen LogP contribution in [0.3, 0.4) is 0 Å². The summed E-state index contributed by atoms with van der Waals surface area (Å²) >= 11 is 0. The van der Waals surface area contributed by atoms with Crippen molar-refractivity contribution in [3.63, 3.8) is 0 Å². The molecule has 2 aliphatic heterocycles. The van der Waals surface area contributed by atoms with Gasteiger partial charge in [-0.3, -0.25) is 4.99 Å². The molecule has 2 unspecified atom stereocenters. The molecule has 3 rings (SSSR count). The monoisotopic (exact) mass is 533 g/mol. The highest BCUT2D eigenvalue weighted by Crippen LogP contribution is 2.18. The third-order valence-electron chi connectivity index (χ3n) is 5.41. The Kier molecular flexibility index (Phi) is 11.1. The minimum absolute atomic E-state index is 0. The van der Waals surface area contributed by atoms with E-state index in [1.165, 1.54) is 0 Å². The van der Waals surface area contributed by atoms with Crippen molar-refractivity contribution in [1.29, 1.82) is 0 Å². The van der Waals surface area contributed by atoms with Crippen LogP contribution in [0.1, 0.15) is 18.9 Å². The molecule has 0 spiro atoms. The average Bonchev–Trinajstić information content (AvgIpc) is 3.21. The van der Waals surface area contributed by atoms with Crippen molar-refractivity contribution < 1.29 is 14.2 Å². The number of nitrogens with zero attached hydrogens (tertiary/aromatic N) is 4. The van der Waals surface area contributed by atoms with Crippen LogP contribution < -0.4 is 10.2 Å². The van der Waals surface area contributed by atoms with Gasteiger partial charge in [0.05, 0.1) is 32.5 Å². The van der Waals surface area contributed by atoms with Gasteiger partial charge in [0, 0.05) is 59.0 Å². The molecule has 2 atom stereocenters. The van der Waals surface area contributed by atoms with Crippen molar-refractivity contribution in [3.05, 3.63) is 23.9 Å². The quantitative estimate of drug-likeness (QED) is 0.237. The Balaban J connectivity index is 0.00000320. The number of aromatic nitrogens is 1. The first-order valence-corrected chi connectivity index (χ1v) is 10.5. The van der Waals surface area contributed by atoms with E-state index in [1.807, 2.05) is 13.2 Å². The number of morpholine rings is 1. The van der Waals surface area contributed by atoms with E-state index in [9.17, 15) is 0 Å². The summed E-state index contributed by atoms with van der Waals surface area (Å²) in [5, 5.41) is 3.47. The van der Waals surface area contributed by atoms with Gasteiger partial charge in [-0.05, 0) is 25.0 Å². The van der Waals surface area contributed by atoms with Crippen LogP contribution in [-0.4, -0.2) is 88.7 Å². The summed E-state index contributed by atoms with van der Waals surface area (Å²) in [7, 11) is 3.54. The highest BCUT2D eigenvalue weighted by atomic mass is 127. The van der Waals surface area contributed by atoms with Crippen LogP contribution in [0.4, 0.5) is 5.82 Å². The van der Waals surface area contributed by atoms with E-state index < -0.39 is 0 Å². The van der Waals surface area contributed by atoms with Gasteiger partial charge in [0.15, 0.2) is 5.96 Å². The zero-order valence-electron chi connectivity index (χ0n) is 18.4. The molecule has 0 amide bonds. The van der Waals surface area contributed by atoms with Gasteiger partial charge in [0.25, 0.3) is 0 Å². The molecule has 0 aliphatic carbocycles. The third kappa shape index (κ3) is 7.51. The second-order valence-corrected chi connectivity index (χ2v) is 7.72. The van der Waals surface area contributed by atoms with Crippen LogP contribution in [0.15, 0.2) is 23.3 Å². The van der Waals surface area contributed by atoms with Gasteiger partial charge in [-0.1, -0.05) is 6.07 Å². The lowest BCUT2D eigenvalue weighted by Crippen LogP contribution is -2.41. The standard InChI is InChI=1S/C21H35N5O3.HI/c1-17-14-25(8-9-29-17)20-5-4-18(12-23-20)13-24-21(22-2)26-7-6-19(15-26)16-28-11-10-27-3;/h4-5,12,17,19H,6-11,13-16H2,1-3H3,(H,22,24);1H. The molecule has 170 valence electrons. The number of pyridine rings is 1. The lowest BCUT2D eigenvalue weighted by molar-refractivity contribution is 0.0529. The number of hydrogen-bond donors (Lipinski definition) is 1. The van der Waals surface area contributed by atoms with E-state index in [1.54, 1.807) is 7.11 Å². The summed E-state index contributed by atoms with van der Waals surface area (Å²) in [4.78, 5) is 13.7. The minimum atomic E-state index is 0. The molecule has 1 aromatic heterocycles. The Hall–Kier alpha value is -1.17. The predicted octanol–water partition coefficient (Wildman–Crippen LogP) is 1.98. The number of methoxy groups -OCH3 is 1. The second kappa shape index (κ2) is 13.3. The maximum atomic E-state index is 5.68. The van der Waals surface area contributed by atoms with Crippen LogP contribution in [-0.2, 0) is 20.8 Å². The van der Waals surface area contributed by atoms with Gasteiger partial charge in [0.2, 0.25) is 0 Å². The first kappa shape index (κ1) is 25.1. The third-order valence-corrected chi connectivity index (χ3v) is 5.41. The predicted molar refractivity (Wildman–Crippen MR) is 130 cm³/mol. The van der Waals surface area contributed by atoms with Gasteiger partial charge in [-0.25, -0.2) is 4.98 Å². The second-order valence-electron chi connectivity index (χ2n) is 7.72. The maximum absolute atomic E-state index is 5.68. The summed E-state index contributed by atoms with van der Waals surface area (Å²) in [6, 6.07) is 4.24. The number of anilines is 1. The van der Waals surface area contributed by atoms with E-state index in [2.05, 4.69) is 44.1 Å². The lowest BCUT2D eigenvalue weighted by Gasteiger charge is -2.32. The summed E-state index contributed by atoms with van der Waals surface area (Å²) < 4.78 is 16.3. The SMILES string of the molecule is CN=C(NCc1ccc(N2CCOC(C)C2)nc1)N1CCC(COCCOC)C1.I. The smallest absolute Gasteiger partial charge is 0.193 e. The van der Waals surface area contributed by atoms with Gasteiger partial charge in [-0.2, -0.15) is 0 Å². The van der Waals surface area contributed by atoms with E-state index in [0.29, 0.717) is 25.7 Å². The van der Waals surface area contributed by atoms with Crippen LogP contribution >= 0.6 is 24.0 Å². The number of ether oxygens (including phenoxy) is 3. The lowest BCUT2D eigenvalue weighted by atomic mass is 10.1. The molecule has 2 aliphatic rings. The Labute approximate surface area is 197 Å². The molecule has 30 heavy (non-hydrogen) atoms. The molecule has 1 N–H and O–H groups in total. The molecular formula is C21H36IN5O3. The fourth-order valence-electron chi connectivity index (χ4n) is 3.80. The summed E-state index contributed by atoms with van der Waals surface area (Å²) in [5.74, 6) is 2.50. The molecule has 0 aromatic carbocycles. The fraction of sp³-hybridized carbons (Fsp3) is 0.714. The first-order chi connectivity index (χ1) is 14.2. The fourth-order valence-corrected chi connectivity index (χ4v) is 3.80. The minimum Gasteiger partial charge on any atom is -0.382 e. The zero-order valence-corrected chi connectivity index (χ0v) is 20.7. The number of guanidine groups is 1. The molecule has 2 saturated heterocycles. The summed E-state index contributed by atoms with van der Waals surface area (Å²) in [6.07, 6.45) is 3.33. The number of rotatable bonds is 8. The average molecular weight is 533 g/mol. The maximum Gasteiger partial charge on any atom is 0.193 e. The number of halogens is 1. The molecule has 2 fully saturated rings. The Morgan fingerprint density at radius 3 is 2.87 bits per heavy atom. The zero-order chi connectivity index (χ0) is 20.5. The molecule has 0 bridgehead atoms. The Morgan fingerprint density at radius 2 is 2.17 bits per heavy atom. The molecule has 3 heterocycles.